The van der Waals surface area contributed by atoms with Crippen LogP contribution in [0.3, 0.4) is 0 Å². The number of rotatable bonds is 8. The minimum absolute atomic E-state index is 0.0889. The van der Waals surface area contributed by atoms with Crippen LogP contribution in [0.15, 0.2) is 54.6 Å². The molecule has 0 aliphatic heterocycles. The lowest BCUT2D eigenvalue weighted by Crippen LogP contribution is -2.32. The molecule has 0 saturated carbocycles. The Morgan fingerprint density at radius 2 is 1.62 bits per heavy atom. The van der Waals surface area contributed by atoms with Crippen LogP contribution in [0.5, 0.6) is 11.5 Å². The molecular weight excluding hydrogens is 354 g/mol. The van der Waals surface area contributed by atoms with E-state index in [-0.39, 0.29) is 24.0 Å². The molecule has 0 atom stereocenters. The highest BCUT2D eigenvalue weighted by atomic mass is 32.2. The molecule has 0 heterocycles. The fourth-order valence-corrected chi connectivity index (χ4v) is 2.79. The molecule has 1 N–H and O–H groups in total. The van der Waals surface area contributed by atoms with Crippen LogP contribution in [0, 0.1) is 0 Å². The maximum atomic E-state index is 11.9. The quantitative estimate of drug-likeness (QED) is 0.566. The smallest absolute Gasteiger partial charge is 0.330 e. The summed E-state index contributed by atoms with van der Waals surface area (Å²) in [4.78, 5) is 35.5. The van der Waals surface area contributed by atoms with Crippen molar-refractivity contribution in [3.63, 3.8) is 0 Å². The Hall–Kier alpha value is -2.80. The van der Waals surface area contributed by atoms with Gasteiger partial charge in [-0.05, 0) is 12.1 Å². The number of carbonyl (C=O) groups is 3. The third-order valence-electron chi connectivity index (χ3n) is 3.29. The normalized spacial score (nSPS) is 10.0. The molecule has 2 rings (SSSR count). The molecule has 0 fully saturated rings. The van der Waals surface area contributed by atoms with Gasteiger partial charge in [-0.1, -0.05) is 54.2 Å². The van der Waals surface area contributed by atoms with Crippen molar-refractivity contribution in [1.82, 2.24) is 5.32 Å². The summed E-state index contributed by atoms with van der Waals surface area (Å²) >= 11 is 1.07. The topological polar surface area (TPSA) is 81.7 Å². The number of carbonyl (C=O) groups excluding carboxylic acids is 3. The van der Waals surface area contributed by atoms with Crippen molar-refractivity contribution in [1.29, 1.82) is 0 Å². The molecule has 2 aromatic rings. The average molecular weight is 373 g/mol. The van der Waals surface area contributed by atoms with Crippen LogP contribution in [-0.4, -0.2) is 36.4 Å². The predicted molar refractivity (Wildman–Crippen MR) is 99.5 cm³/mol. The van der Waals surface area contributed by atoms with Crippen molar-refractivity contribution in [3.8, 4) is 11.5 Å². The van der Waals surface area contributed by atoms with E-state index in [1.165, 1.54) is 7.11 Å². The molecule has 0 aliphatic rings. The number of esters is 1. The second-order valence-electron chi connectivity index (χ2n) is 5.15. The van der Waals surface area contributed by atoms with Gasteiger partial charge in [0.1, 0.15) is 6.54 Å². The largest absolute Gasteiger partial charge is 0.493 e. The first-order valence-corrected chi connectivity index (χ1v) is 8.91. The number of thioether (sulfide) groups is 1. The second kappa shape index (κ2) is 10.2. The minimum atomic E-state index is -0.601. The number of methoxy groups -OCH3 is 1. The van der Waals surface area contributed by atoms with Gasteiger partial charge in [0.15, 0.2) is 11.5 Å². The lowest BCUT2D eigenvalue weighted by Gasteiger charge is -2.09. The first kappa shape index (κ1) is 19.5. The van der Waals surface area contributed by atoms with Crippen LogP contribution in [-0.2, 0) is 9.59 Å². The number of hydrogen-bond acceptors (Lipinski definition) is 6. The van der Waals surface area contributed by atoms with Crippen molar-refractivity contribution in [2.45, 2.75) is 6.42 Å². The van der Waals surface area contributed by atoms with Crippen molar-refractivity contribution >= 4 is 28.8 Å². The standard InChI is InChI=1S/C19H19NO5S/c1-24-15-9-5-6-10-16(15)25-18(22)13-20-17(21)11-12-26-19(23)14-7-3-2-4-8-14/h2-10H,11-13H2,1H3,(H,20,21). The van der Waals surface area contributed by atoms with Gasteiger partial charge in [0.2, 0.25) is 11.0 Å². The van der Waals surface area contributed by atoms with Gasteiger partial charge < -0.3 is 14.8 Å². The van der Waals surface area contributed by atoms with Crippen LogP contribution in [0.4, 0.5) is 0 Å². The van der Waals surface area contributed by atoms with Gasteiger partial charge in [0.05, 0.1) is 7.11 Å². The molecule has 0 aromatic heterocycles. The molecule has 6 nitrogen and oxygen atoms in total. The van der Waals surface area contributed by atoms with E-state index in [4.69, 9.17) is 9.47 Å². The maximum absolute atomic E-state index is 11.9. The molecule has 0 spiro atoms. The van der Waals surface area contributed by atoms with E-state index in [2.05, 4.69) is 5.32 Å². The molecule has 0 unspecified atom stereocenters. The van der Waals surface area contributed by atoms with E-state index in [9.17, 15) is 14.4 Å². The second-order valence-corrected chi connectivity index (χ2v) is 6.22. The zero-order valence-corrected chi connectivity index (χ0v) is 15.1. The zero-order valence-electron chi connectivity index (χ0n) is 14.3. The van der Waals surface area contributed by atoms with Gasteiger partial charge in [0, 0.05) is 17.7 Å². The van der Waals surface area contributed by atoms with Crippen LogP contribution >= 0.6 is 11.8 Å². The fourth-order valence-electron chi connectivity index (χ4n) is 2.01. The van der Waals surface area contributed by atoms with Gasteiger partial charge in [-0.3, -0.25) is 9.59 Å². The summed E-state index contributed by atoms with van der Waals surface area (Å²) < 4.78 is 10.2. The monoisotopic (exact) mass is 373 g/mol. The van der Waals surface area contributed by atoms with Gasteiger partial charge in [-0.15, -0.1) is 0 Å². The molecule has 0 radical (unpaired) electrons. The summed E-state index contributed by atoms with van der Waals surface area (Å²) in [5.74, 6) is 0.133. The molecular formula is C19H19NO5S. The van der Waals surface area contributed by atoms with E-state index in [0.717, 1.165) is 11.8 Å². The van der Waals surface area contributed by atoms with E-state index >= 15 is 0 Å². The highest BCUT2D eigenvalue weighted by Gasteiger charge is 2.12. The molecule has 2 aromatic carbocycles. The van der Waals surface area contributed by atoms with E-state index in [1.807, 2.05) is 6.07 Å². The van der Waals surface area contributed by atoms with Crippen molar-refractivity contribution in [2.75, 3.05) is 19.4 Å². The first-order chi connectivity index (χ1) is 12.6. The SMILES string of the molecule is COc1ccccc1OC(=O)CNC(=O)CCSC(=O)c1ccccc1. The zero-order chi connectivity index (χ0) is 18.8. The molecule has 7 heteroatoms. The molecule has 0 saturated heterocycles. The summed E-state index contributed by atoms with van der Waals surface area (Å²) in [5.41, 5.74) is 0.596. The number of amides is 1. The maximum Gasteiger partial charge on any atom is 0.330 e. The Kier molecular flexibility index (Phi) is 7.70. The lowest BCUT2D eigenvalue weighted by molar-refractivity contribution is -0.135. The number of para-hydroxylation sites is 2. The third kappa shape index (κ3) is 6.25. The first-order valence-electron chi connectivity index (χ1n) is 7.92. The summed E-state index contributed by atoms with van der Waals surface area (Å²) in [7, 11) is 1.48. The Balaban J connectivity index is 1.68. The van der Waals surface area contributed by atoms with E-state index < -0.39 is 5.97 Å². The Morgan fingerprint density at radius 1 is 0.962 bits per heavy atom. The number of ether oxygens (including phenoxy) is 2. The van der Waals surface area contributed by atoms with Gasteiger partial charge in [-0.2, -0.15) is 0 Å². The minimum Gasteiger partial charge on any atom is -0.493 e. The van der Waals surface area contributed by atoms with Crippen molar-refractivity contribution in [3.05, 3.63) is 60.2 Å². The highest BCUT2D eigenvalue weighted by Crippen LogP contribution is 2.25. The van der Waals surface area contributed by atoms with E-state index in [1.54, 1.807) is 48.5 Å². The van der Waals surface area contributed by atoms with Crippen molar-refractivity contribution in [2.24, 2.45) is 0 Å². The molecule has 136 valence electrons. The average Bonchev–Trinajstić information content (AvgIpc) is 2.67. The summed E-state index contributed by atoms with van der Waals surface area (Å²) in [6, 6.07) is 15.6. The lowest BCUT2D eigenvalue weighted by atomic mass is 10.2. The number of benzene rings is 2. The summed E-state index contributed by atoms with van der Waals surface area (Å²) in [6.45, 7) is -0.256. The third-order valence-corrected chi connectivity index (χ3v) is 4.20. The van der Waals surface area contributed by atoms with Gasteiger partial charge in [0.25, 0.3) is 0 Å². The summed E-state index contributed by atoms with van der Waals surface area (Å²) in [5, 5.41) is 2.39. The number of nitrogens with one attached hydrogen (secondary N) is 1. The molecule has 0 bridgehead atoms. The van der Waals surface area contributed by atoms with E-state index in [0.29, 0.717) is 22.8 Å². The van der Waals surface area contributed by atoms with Crippen LogP contribution in [0.1, 0.15) is 16.8 Å². The predicted octanol–water partition coefficient (Wildman–Crippen LogP) is 2.68. The Morgan fingerprint density at radius 3 is 2.31 bits per heavy atom. The molecule has 26 heavy (non-hydrogen) atoms. The fraction of sp³-hybridized carbons (Fsp3) is 0.211. The van der Waals surface area contributed by atoms with Crippen LogP contribution < -0.4 is 14.8 Å². The Bertz CT molecular complexity index is 764. The van der Waals surface area contributed by atoms with Crippen LogP contribution in [0.2, 0.25) is 0 Å². The Labute approximate surface area is 155 Å². The van der Waals surface area contributed by atoms with Crippen LogP contribution in [0.25, 0.3) is 0 Å². The van der Waals surface area contributed by atoms with Crippen molar-refractivity contribution < 1.29 is 23.9 Å². The van der Waals surface area contributed by atoms with Gasteiger partial charge in [-0.25, -0.2) is 4.79 Å². The van der Waals surface area contributed by atoms with Gasteiger partial charge >= 0.3 is 5.97 Å². The highest BCUT2D eigenvalue weighted by molar-refractivity contribution is 8.14. The molecule has 1 amide bonds. The summed E-state index contributed by atoms with van der Waals surface area (Å²) in [6.07, 6.45) is 0.130. The molecule has 0 aliphatic carbocycles. The number of hydrogen-bond donors (Lipinski definition) is 1.